The van der Waals surface area contributed by atoms with Gasteiger partial charge in [0.05, 0.1) is 17.7 Å². The number of amides is 2. The van der Waals surface area contributed by atoms with Crippen molar-refractivity contribution in [3.8, 4) is 5.75 Å². The van der Waals surface area contributed by atoms with Gasteiger partial charge >= 0.3 is 0 Å². The minimum atomic E-state index is -4.27. The molecule has 1 unspecified atom stereocenters. The Morgan fingerprint density at radius 1 is 1.05 bits per heavy atom. The minimum absolute atomic E-state index is 0.0768. The van der Waals surface area contributed by atoms with Gasteiger partial charge in [0.1, 0.15) is 24.2 Å². The van der Waals surface area contributed by atoms with Crippen LogP contribution >= 0.6 is 11.6 Å². The van der Waals surface area contributed by atoms with Crippen LogP contribution in [0.5, 0.6) is 5.75 Å². The highest BCUT2D eigenvalue weighted by atomic mass is 35.5. The maximum Gasteiger partial charge on any atom is 0.264 e. The third-order valence-corrected chi connectivity index (χ3v) is 8.34. The predicted octanol–water partition coefficient (Wildman–Crippen LogP) is 5.02. The molecule has 0 spiro atoms. The van der Waals surface area contributed by atoms with Crippen LogP contribution in [0.2, 0.25) is 5.02 Å². The van der Waals surface area contributed by atoms with Crippen LogP contribution in [0.15, 0.2) is 77.7 Å². The molecule has 3 rings (SSSR count). The summed E-state index contributed by atoms with van der Waals surface area (Å²) in [7, 11) is -2.81. The zero-order chi connectivity index (χ0) is 29.3. The molecule has 0 aliphatic heterocycles. The van der Waals surface area contributed by atoms with Crippen molar-refractivity contribution in [3.63, 3.8) is 0 Å². The lowest BCUT2D eigenvalue weighted by Crippen LogP contribution is -2.51. The number of unbranched alkanes of at least 4 members (excludes halogenated alkanes) is 1. The molecule has 3 aromatic rings. The Morgan fingerprint density at radius 2 is 1.75 bits per heavy atom. The maximum absolute atomic E-state index is 14.6. The molecule has 0 fully saturated rings. The van der Waals surface area contributed by atoms with E-state index in [1.54, 1.807) is 18.2 Å². The quantitative estimate of drug-likeness (QED) is 0.283. The molecule has 3 aromatic carbocycles. The number of benzene rings is 3. The molecule has 0 saturated heterocycles. The smallest absolute Gasteiger partial charge is 0.264 e. The summed E-state index contributed by atoms with van der Waals surface area (Å²) in [6.45, 7) is 3.04. The van der Waals surface area contributed by atoms with E-state index in [1.165, 1.54) is 73.5 Å². The first-order valence-electron chi connectivity index (χ1n) is 12.8. The van der Waals surface area contributed by atoms with Crippen LogP contribution in [-0.2, 0) is 26.2 Å². The summed E-state index contributed by atoms with van der Waals surface area (Å²) in [5.74, 6) is -1.20. The van der Waals surface area contributed by atoms with Gasteiger partial charge in [-0.1, -0.05) is 49.2 Å². The fraction of sp³-hybridized carbons (Fsp3) is 0.310. The van der Waals surface area contributed by atoms with E-state index in [-0.39, 0.29) is 27.7 Å². The third-order valence-electron chi connectivity index (χ3n) is 6.32. The van der Waals surface area contributed by atoms with Gasteiger partial charge in [0.2, 0.25) is 11.8 Å². The van der Waals surface area contributed by atoms with E-state index in [0.717, 1.165) is 17.1 Å². The normalized spacial score (nSPS) is 11.9. The number of anilines is 1. The standard InChI is InChI=1S/C29H33ClFN3O5S/c1-4-5-17-32-29(36)21(2)33(19-22-9-6-7-12-27(22)31)28(35)20-34(24-11-8-10-23(30)18-24)40(37,38)26-15-13-25(39-3)14-16-26/h6-16,18,21H,4-5,17,19-20H2,1-3H3,(H,32,36). The fourth-order valence-corrected chi connectivity index (χ4v) is 5.55. The van der Waals surface area contributed by atoms with Crippen molar-refractivity contribution in [1.82, 2.24) is 10.2 Å². The largest absolute Gasteiger partial charge is 0.497 e. The van der Waals surface area contributed by atoms with Crippen LogP contribution < -0.4 is 14.4 Å². The number of ether oxygens (including phenoxy) is 1. The second-order valence-electron chi connectivity index (χ2n) is 9.10. The average Bonchev–Trinajstić information content (AvgIpc) is 2.95. The zero-order valence-corrected chi connectivity index (χ0v) is 24.2. The van der Waals surface area contributed by atoms with Gasteiger partial charge in [-0.15, -0.1) is 0 Å². The highest BCUT2D eigenvalue weighted by Crippen LogP contribution is 2.28. The van der Waals surface area contributed by atoms with Crippen LogP contribution in [0.1, 0.15) is 32.3 Å². The summed E-state index contributed by atoms with van der Waals surface area (Å²) < 4.78 is 48.3. The Hall–Kier alpha value is -3.63. The Balaban J connectivity index is 2.01. The molecular formula is C29H33ClFN3O5S. The van der Waals surface area contributed by atoms with Crippen LogP contribution in [0.4, 0.5) is 10.1 Å². The first kappa shape index (κ1) is 30.9. The molecule has 0 aliphatic rings. The molecule has 1 N–H and O–H groups in total. The van der Waals surface area contributed by atoms with E-state index in [1.807, 2.05) is 6.92 Å². The van der Waals surface area contributed by atoms with Crippen molar-refractivity contribution in [2.45, 2.75) is 44.2 Å². The number of carbonyl (C=O) groups is 2. The van der Waals surface area contributed by atoms with E-state index in [4.69, 9.17) is 16.3 Å². The van der Waals surface area contributed by atoms with Crippen LogP contribution in [0.25, 0.3) is 0 Å². The van der Waals surface area contributed by atoms with Crippen LogP contribution in [0.3, 0.4) is 0 Å². The summed E-state index contributed by atoms with van der Waals surface area (Å²) in [5, 5.41) is 3.06. The summed E-state index contributed by atoms with van der Waals surface area (Å²) in [4.78, 5) is 27.9. The first-order chi connectivity index (χ1) is 19.1. The average molecular weight is 590 g/mol. The molecule has 1 atom stereocenters. The van der Waals surface area contributed by atoms with Gasteiger partial charge in [0.25, 0.3) is 10.0 Å². The van der Waals surface area contributed by atoms with Gasteiger partial charge in [-0.05, 0) is 61.9 Å². The molecule has 2 amide bonds. The lowest BCUT2D eigenvalue weighted by atomic mass is 10.1. The molecule has 11 heteroatoms. The topological polar surface area (TPSA) is 96.0 Å². The number of nitrogens with one attached hydrogen (secondary N) is 1. The number of methoxy groups -OCH3 is 1. The minimum Gasteiger partial charge on any atom is -0.497 e. The van der Waals surface area contributed by atoms with Gasteiger partial charge in [-0.25, -0.2) is 12.8 Å². The van der Waals surface area contributed by atoms with Gasteiger partial charge in [0, 0.05) is 23.7 Å². The molecule has 0 bridgehead atoms. The van der Waals surface area contributed by atoms with Gasteiger partial charge < -0.3 is 15.0 Å². The first-order valence-corrected chi connectivity index (χ1v) is 14.6. The summed E-state index contributed by atoms with van der Waals surface area (Å²) >= 11 is 6.17. The molecule has 214 valence electrons. The van der Waals surface area contributed by atoms with E-state index >= 15 is 0 Å². The predicted molar refractivity (Wildman–Crippen MR) is 153 cm³/mol. The SMILES string of the molecule is CCCCNC(=O)C(C)N(Cc1ccccc1F)C(=O)CN(c1cccc(Cl)c1)S(=O)(=O)c1ccc(OC)cc1. The molecule has 0 radical (unpaired) electrons. The monoisotopic (exact) mass is 589 g/mol. The molecule has 0 heterocycles. The molecule has 0 saturated carbocycles. The summed E-state index contributed by atoms with van der Waals surface area (Å²) in [5.41, 5.74) is 0.346. The number of sulfonamides is 1. The summed E-state index contributed by atoms with van der Waals surface area (Å²) in [6, 6.07) is 16.8. The zero-order valence-electron chi connectivity index (χ0n) is 22.6. The second kappa shape index (κ2) is 14.1. The maximum atomic E-state index is 14.6. The Bertz CT molecular complexity index is 1420. The summed E-state index contributed by atoms with van der Waals surface area (Å²) in [6.07, 6.45) is 1.62. The van der Waals surface area contributed by atoms with E-state index in [2.05, 4.69) is 5.32 Å². The molecule has 0 aromatic heterocycles. The molecule has 0 aliphatic carbocycles. The van der Waals surface area contributed by atoms with Gasteiger partial charge in [0.15, 0.2) is 0 Å². The Kier molecular flexibility index (Phi) is 10.9. The number of carbonyl (C=O) groups excluding carboxylic acids is 2. The van der Waals surface area contributed by atoms with Crippen LogP contribution in [0, 0.1) is 5.82 Å². The van der Waals surface area contributed by atoms with Crippen molar-refractivity contribution in [1.29, 1.82) is 0 Å². The molecular weight excluding hydrogens is 557 g/mol. The van der Waals surface area contributed by atoms with E-state index < -0.39 is 40.2 Å². The van der Waals surface area contributed by atoms with Crippen molar-refractivity contribution >= 4 is 39.1 Å². The third kappa shape index (κ3) is 7.73. The number of rotatable bonds is 13. The van der Waals surface area contributed by atoms with Crippen molar-refractivity contribution in [2.24, 2.45) is 0 Å². The van der Waals surface area contributed by atoms with Crippen molar-refractivity contribution < 1.29 is 27.1 Å². The highest BCUT2D eigenvalue weighted by Gasteiger charge is 2.33. The lowest BCUT2D eigenvalue weighted by molar-refractivity contribution is -0.139. The number of halogens is 2. The number of hydrogen-bond acceptors (Lipinski definition) is 5. The van der Waals surface area contributed by atoms with E-state index in [9.17, 15) is 22.4 Å². The lowest BCUT2D eigenvalue weighted by Gasteiger charge is -2.32. The van der Waals surface area contributed by atoms with Gasteiger partial charge in [-0.3, -0.25) is 13.9 Å². The van der Waals surface area contributed by atoms with Gasteiger partial charge in [-0.2, -0.15) is 0 Å². The van der Waals surface area contributed by atoms with Crippen LogP contribution in [-0.4, -0.2) is 51.4 Å². The van der Waals surface area contributed by atoms with Crippen molar-refractivity contribution in [2.75, 3.05) is 24.5 Å². The van der Waals surface area contributed by atoms with E-state index in [0.29, 0.717) is 12.3 Å². The number of nitrogens with zero attached hydrogens (tertiary/aromatic N) is 2. The second-order valence-corrected chi connectivity index (χ2v) is 11.4. The Morgan fingerprint density at radius 3 is 2.38 bits per heavy atom. The van der Waals surface area contributed by atoms with Crippen molar-refractivity contribution in [3.05, 3.63) is 89.2 Å². The molecule has 8 nitrogen and oxygen atoms in total. The number of hydrogen-bond donors (Lipinski definition) is 1. The Labute approximate surface area is 239 Å². The highest BCUT2D eigenvalue weighted by molar-refractivity contribution is 7.92. The molecule has 40 heavy (non-hydrogen) atoms. The fourth-order valence-electron chi connectivity index (χ4n) is 3.96.